The van der Waals surface area contributed by atoms with Gasteiger partial charge in [0.1, 0.15) is 0 Å². The predicted octanol–water partition coefficient (Wildman–Crippen LogP) is 6.62. The van der Waals surface area contributed by atoms with E-state index < -0.39 is 0 Å². The van der Waals surface area contributed by atoms with Gasteiger partial charge in [-0.05, 0) is 63.2 Å². The minimum Gasteiger partial charge on any atom is -1.00 e. The van der Waals surface area contributed by atoms with Crippen LogP contribution in [0.1, 0.15) is 84.9 Å². The van der Waals surface area contributed by atoms with Crippen LogP contribution in [-0.4, -0.2) is 23.1 Å². The molecule has 0 aliphatic heterocycles. The van der Waals surface area contributed by atoms with Gasteiger partial charge in [-0.25, -0.2) is 0 Å². The summed E-state index contributed by atoms with van der Waals surface area (Å²) < 4.78 is 0. The Morgan fingerprint density at radius 2 is 0.952 bits per heavy atom. The minimum absolute atomic E-state index is 0. The van der Waals surface area contributed by atoms with Gasteiger partial charge in [0.05, 0.1) is 0 Å². The smallest absolute Gasteiger partial charge is 1.00 e. The maximum atomic E-state index is 2.35. The molecule has 2 aliphatic rings. The van der Waals surface area contributed by atoms with E-state index in [0.717, 1.165) is 11.8 Å². The second kappa shape index (κ2) is 7.21. The van der Waals surface area contributed by atoms with Gasteiger partial charge in [0, 0.05) is 0 Å². The van der Waals surface area contributed by atoms with Gasteiger partial charge in [-0.15, -0.1) is 0 Å². The van der Waals surface area contributed by atoms with Crippen LogP contribution in [0.4, 0.5) is 0 Å². The minimum atomic E-state index is 0. The van der Waals surface area contributed by atoms with Gasteiger partial charge in [0.25, 0.3) is 0 Å². The number of rotatable bonds is 0. The molecule has 0 spiro atoms. The summed E-state index contributed by atoms with van der Waals surface area (Å²) in [5.41, 5.74) is 7.36. The van der Waals surface area contributed by atoms with Crippen LogP contribution < -0.4 is 0 Å². The van der Waals surface area contributed by atoms with Gasteiger partial charge in [-0.2, -0.15) is 0 Å². The van der Waals surface area contributed by atoms with E-state index in [1.807, 2.05) is 0 Å². The fourth-order valence-corrected chi connectivity index (χ4v) is 3.57. The topological polar surface area (TPSA) is 0 Å². The normalized spacial score (nSPS) is 30.0. The molecule has 2 unspecified atom stereocenters. The first kappa shape index (κ1) is 21.2. The third kappa shape index (κ3) is 4.16. The summed E-state index contributed by atoms with van der Waals surface area (Å²) >= 11 is 0. The standard InChI is InChI=1S/2C10H18.Mg.2H/c2*1-7-6-8(2)10(4,5)9(7)3;;;/h2*8H,6H2,1-5H3;;;/q;;+2;2*-1. The average molecular weight is 303 g/mol. The molecule has 0 amide bonds. The monoisotopic (exact) mass is 302 g/mol. The van der Waals surface area contributed by atoms with E-state index in [9.17, 15) is 0 Å². The zero-order valence-electron chi connectivity index (χ0n) is 18.3. The Kier molecular flexibility index (Phi) is 7.30. The largest absolute Gasteiger partial charge is 2.00 e. The molecule has 2 rings (SSSR count). The molecule has 21 heavy (non-hydrogen) atoms. The van der Waals surface area contributed by atoms with Crippen LogP contribution in [0.5, 0.6) is 0 Å². The van der Waals surface area contributed by atoms with Crippen molar-refractivity contribution in [2.24, 2.45) is 22.7 Å². The molecule has 0 aromatic rings. The summed E-state index contributed by atoms with van der Waals surface area (Å²) in [7, 11) is 0. The van der Waals surface area contributed by atoms with Crippen molar-refractivity contribution < 1.29 is 2.85 Å². The van der Waals surface area contributed by atoms with Gasteiger partial charge in [0.15, 0.2) is 0 Å². The summed E-state index contributed by atoms with van der Waals surface area (Å²) in [5.74, 6) is 1.68. The molecule has 0 aromatic carbocycles. The second-order valence-electron chi connectivity index (χ2n) is 8.46. The van der Waals surface area contributed by atoms with Crippen molar-refractivity contribution >= 4 is 23.1 Å². The molecule has 0 saturated carbocycles. The Labute approximate surface area is 153 Å². The summed E-state index contributed by atoms with van der Waals surface area (Å²) in [5, 5.41) is 0. The van der Waals surface area contributed by atoms with E-state index in [-0.39, 0.29) is 25.9 Å². The van der Waals surface area contributed by atoms with Gasteiger partial charge in [0.2, 0.25) is 0 Å². The zero-order valence-corrected chi connectivity index (χ0v) is 17.7. The molecule has 0 N–H and O–H groups in total. The van der Waals surface area contributed by atoms with Crippen molar-refractivity contribution in [1.29, 1.82) is 0 Å². The summed E-state index contributed by atoms with van der Waals surface area (Å²) in [6.07, 6.45) is 2.61. The summed E-state index contributed by atoms with van der Waals surface area (Å²) in [6, 6.07) is 0. The van der Waals surface area contributed by atoms with Crippen molar-refractivity contribution in [3.05, 3.63) is 22.3 Å². The van der Waals surface area contributed by atoms with Crippen molar-refractivity contribution in [1.82, 2.24) is 0 Å². The first-order valence-corrected chi connectivity index (χ1v) is 8.26. The summed E-state index contributed by atoms with van der Waals surface area (Å²) in [6.45, 7) is 23.2. The predicted molar refractivity (Wildman–Crippen MR) is 99.9 cm³/mol. The van der Waals surface area contributed by atoms with Crippen LogP contribution >= 0.6 is 0 Å². The fraction of sp³-hybridized carbons (Fsp3) is 0.800. The molecule has 0 bridgehead atoms. The maximum absolute atomic E-state index is 2.35. The van der Waals surface area contributed by atoms with E-state index in [4.69, 9.17) is 0 Å². The second-order valence-corrected chi connectivity index (χ2v) is 8.46. The SMILES string of the molecule is CC1=C(C)C(C)(C)C(C)C1.CC1=C(C)C(C)(C)C(C)C1.[H-].[H-].[Mg+2]. The molecule has 0 nitrogen and oxygen atoms in total. The van der Waals surface area contributed by atoms with Crippen LogP contribution in [0, 0.1) is 22.7 Å². The molecular weight excluding hydrogens is 265 g/mol. The molecule has 1 heteroatoms. The molecule has 0 saturated heterocycles. The Balaban J connectivity index is -0.000000308. The van der Waals surface area contributed by atoms with E-state index in [1.165, 1.54) is 12.8 Å². The Hall–Kier alpha value is 0.246. The third-order valence-corrected chi connectivity index (χ3v) is 6.90. The van der Waals surface area contributed by atoms with Crippen LogP contribution in [-0.2, 0) is 0 Å². The van der Waals surface area contributed by atoms with Crippen molar-refractivity contribution in [2.75, 3.05) is 0 Å². The molecule has 0 fully saturated rings. The maximum Gasteiger partial charge on any atom is 2.00 e. The van der Waals surface area contributed by atoms with Gasteiger partial charge in [-0.3, -0.25) is 0 Å². The van der Waals surface area contributed by atoms with Gasteiger partial charge < -0.3 is 2.85 Å². The van der Waals surface area contributed by atoms with Crippen LogP contribution in [0.2, 0.25) is 0 Å². The molecule has 120 valence electrons. The number of hydrogen-bond donors (Lipinski definition) is 0. The molecule has 0 radical (unpaired) electrons. The molecule has 0 aromatic heterocycles. The van der Waals surface area contributed by atoms with Crippen LogP contribution in [0.15, 0.2) is 22.3 Å². The van der Waals surface area contributed by atoms with E-state index in [1.54, 1.807) is 22.3 Å². The van der Waals surface area contributed by atoms with Gasteiger partial charge in [-0.1, -0.05) is 63.8 Å². The molecule has 0 heterocycles. The molecule has 2 aliphatic carbocycles. The Morgan fingerprint density at radius 3 is 1.00 bits per heavy atom. The van der Waals surface area contributed by atoms with E-state index in [2.05, 4.69) is 69.2 Å². The zero-order chi connectivity index (χ0) is 15.9. The van der Waals surface area contributed by atoms with Crippen LogP contribution in [0.25, 0.3) is 0 Å². The number of hydrogen-bond acceptors (Lipinski definition) is 0. The van der Waals surface area contributed by atoms with E-state index >= 15 is 0 Å². The first-order chi connectivity index (χ1) is 8.92. The molecule has 2 atom stereocenters. The van der Waals surface area contributed by atoms with Crippen LogP contribution in [0.3, 0.4) is 0 Å². The Morgan fingerprint density at radius 1 is 0.714 bits per heavy atom. The Bertz CT molecular complexity index is 403. The van der Waals surface area contributed by atoms with Crippen molar-refractivity contribution in [2.45, 2.75) is 82.1 Å². The third-order valence-electron chi connectivity index (χ3n) is 6.90. The summed E-state index contributed by atoms with van der Waals surface area (Å²) in [4.78, 5) is 0. The van der Waals surface area contributed by atoms with Crippen molar-refractivity contribution in [3.63, 3.8) is 0 Å². The van der Waals surface area contributed by atoms with E-state index in [0.29, 0.717) is 10.8 Å². The first-order valence-electron chi connectivity index (χ1n) is 8.26. The van der Waals surface area contributed by atoms with Gasteiger partial charge >= 0.3 is 23.1 Å². The quantitative estimate of drug-likeness (QED) is 0.348. The van der Waals surface area contributed by atoms with Crippen molar-refractivity contribution in [3.8, 4) is 0 Å². The fourth-order valence-electron chi connectivity index (χ4n) is 3.57. The average Bonchev–Trinajstić information content (AvgIpc) is 2.62. The molecular formula is C20H38Mg. The number of allylic oxidation sites excluding steroid dienone is 4.